The molecule has 0 N–H and O–H groups in total. The summed E-state index contributed by atoms with van der Waals surface area (Å²) < 4.78 is 38.3. The van der Waals surface area contributed by atoms with Crippen molar-refractivity contribution in [3.63, 3.8) is 0 Å². The average Bonchev–Trinajstić information content (AvgIpc) is 3.46. The van der Waals surface area contributed by atoms with Gasteiger partial charge in [0.2, 0.25) is 5.52 Å². The van der Waals surface area contributed by atoms with E-state index in [1.807, 2.05) is 30.3 Å². The lowest BCUT2D eigenvalue weighted by molar-refractivity contribution is -0.669. The van der Waals surface area contributed by atoms with Crippen LogP contribution in [0.25, 0.3) is 27.4 Å². The number of rotatable bonds is 9. The van der Waals surface area contributed by atoms with Crippen LogP contribution in [0, 0.1) is 0 Å². The monoisotopic (exact) mass is 610 g/mol. The summed E-state index contributed by atoms with van der Waals surface area (Å²) in [4.78, 5) is 3.47. The van der Waals surface area contributed by atoms with E-state index in [-0.39, 0.29) is 6.42 Å². The van der Waals surface area contributed by atoms with Gasteiger partial charge in [-0.05, 0) is 67.3 Å². The summed E-state index contributed by atoms with van der Waals surface area (Å²) in [5.74, 6) is 0. The lowest BCUT2D eigenvalue weighted by Crippen LogP contribution is -2.37. The molecule has 4 aromatic rings. The number of hydrogen-bond donors (Lipinski definition) is 0. The average molecular weight is 611 g/mol. The summed E-state index contributed by atoms with van der Waals surface area (Å²) in [6, 6.07) is 22.6. The van der Waals surface area contributed by atoms with Crippen molar-refractivity contribution >= 4 is 66.8 Å². The molecular weight excluding hydrogens is 580 g/mol. The predicted octanol–water partition coefficient (Wildman–Crippen LogP) is 8.10. The van der Waals surface area contributed by atoms with Crippen molar-refractivity contribution in [1.82, 2.24) is 0 Å². The Bertz CT molecular complexity index is 1710. The quantitative estimate of drug-likeness (QED) is 0.141. The Morgan fingerprint density at radius 1 is 1.07 bits per heavy atom. The van der Waals surface area contributed by atoms with E-state index < -0.39 is 15.4 Å². The maximum atomic E-state index is 11.7. The summed E-state index contributed by atoms with van der Waals surface area (Å²) >= 11 is 9.71. The summed E-state index contributed by atoms with van der Waals surface area (Å²) in [5, 5.41) is 1.94. The highest BCUT2D eigenvalue weighted by atomic mass is 35.5. The molecule has 1 atom stereocenters. The summed E-state index contributed by atoms with van der Waals surface area (Å²) in [7, 11) is -4.36. The van der Waals surface area contributed by atoms with Crippen LogP contribution in [-0.2, 0) is 16.7 Å². The molecule has 0 bridgehead atoms. The number of halogens is 1. The second-order valence-electron chi connectivity index (χ2n) is 9.75. The Hall–Kier alpha value is -2.62. The first-order valence-electron chi connectivity index (χ1n) is 13.3. The highest BCUT2D eigenvalue weighted by Gasteiger charge is 2.26. The third kappa shape index (κ3) is 6.16. The first-order chi connectivity index (χ1) is 19.2. The van der Waals surface area contributed by atoms with Gasteiger partial charge in [-0.2, -0.15) is 4.57 Å². The van der Waals surface area contributed by atoms with Gasteiger partial charge in [-0.1, -0.05) is 78.0 Å². The fraction of sp³-hybridized carbons (Fsp3) is 0.258. The number of aromatic nitrogens is 1. The molecule has 0 spiro atoms. The maximum absolute atomic E-state index is 11.7. The number of thioether (sulfide) groups is 1. The molecule has 5 nitrogen and oxygen atoms in total. The van der Waals surface area contributed by atoms with Crippen LogP contribution < -0.4 is 9.47 Å². The molecule has 0 fully saturated rings. The summed E-state index contributed by atoms with van der Waals surface area (Å²) in [6.45, 7) is 7.02. The Morgan fingerprint density at radius 3 is 2.55 bits per heavy atom. The molecule has 208 valence electrons. The molecular formula is C31H31ClN2O3S3. The van der Waals surface area contributed by atoms with Gasteiger partial charge < -0.3 is 9.45 Å². The van der Waals surface area contributed by atoms with E-state index in [9.17, 15) is 13.0 Å². The first-order valence-corrected chi connectivity index (χ1v) is 16.8. The van der Waals surface area contributed by atoms with E-state index in [2.05, 4.69) is 71.9 Å². The zero-order chi connectivity index (χ0) is 28.4. The van der Waals surface area contributed by atoms with Crippen molar-refractivity contribution in [2.24, 2.45) is 0 Å². The number of hydrogen-bond acceptors (Lipinski definition) is 6. The molecule has 5 rings (SSSR count). The molecule has 0 radical (unpaired) electrons. The van der Waals surface area contributed by atoms with Gasteiger partial charge >= 0.3 is 0 Å². The third-order valence-corrected chi connectivity index (χ3v) is 10.8. The number of anilines is 1. The van der Waals surface area contributed by atoms with E-state index >= 15 is 0 Å². The van der Waals surface area contributed by atoms with E-state index in [4.69, 9.17) is 11.6 Å². The second kappa shape index (κ2) is 12.1. The van der Waals surface area contributed by atoms with Crippen LogP contribution in [0.2, 0.25) is 5.02 Å². The van der Waals surface area contributed by atoms with E-state index in [1.54, 1.807) is 23.1 Å². The number of aryl methyl sites for hydroxylation is 1. The fourth-order valence-electron chi connectivity index (χ4n) is 4.78. The van der Waals surface area contributed by atoms with Gasteiger partial charge in [-0.25, -0.2) is 8.42 Å². The van der Waals surface area contributed by atoms with Gasteiger partial charge in [0.05, 0.1) is 26.1 Å². The first kappa shape index (κ1) is 28.9. The third-order valence-electron chi connectivity index (χ3n) is 7.12. The Kier molecular flexibility index (Phi) is 8.73. The van der Waals surface area contributed by atoms with Gasteiger partial charge in [-0.15, -0.1) is 0 Å². The Balaban J connectivity index is 1.57. The summed E-state index contributed by atoms with van der Waals surface area (Å²) in [5.41, 5.74) is 5.53. The van der Waals surface area contributed by atoms with E-state index in [0.717, 1.165) is 60.6 Å². The molecule has 0 aliphatic carbocycles. The number of nitrogens with zero attached hydrogens (tertiary/aromatic N) is 2. The molecule has 0 saturated carbocycles. The minimum absolute atomic E-state index is 0.247. The molecule has 2 heterocycles. The molecule has 9 heteroatoms. The fourth-order valence-corrected chi connectivity index (χ4v) is 7.66. The normalized spacial score (nSPS) is 15.7. The highest BCUT2D eigenvalue weighted by Crippen LogP contribution is 2.47. The van der Waals surface area contributed by atoms with Gasteiger partial charge in [0.25, 0.3) is 5.01 Å². The minimum Gasteiger partial charge on any atom is -0.748 e. The highest BCUT2D eigenvalue weighted by molar-refractivity contribution is 8.03. The SMILES string of the molecule is CCC(=Cc1sc2ccc(-c3ccccc3)cc2[n+]1CCC(C)S(=O)(=O)[O-])C=C1Sc2ccc(Cl)cc2N1CC. The van der Waals surface area contributed by atoms with Crippen molar-refractivity contribution in [3.05, 3.63) is 93.4 Å². The Labute approximate surface area is 249 Å². The van der Waals surface area contributed by atoms with Crippen molar-refractivity contribution in [3.8, 4) is 11.1 Å². The van der Waals surface area contributed by atoms with Crippen molar-refractivity contribution in [2.75, 3.05) is 11.4 Å². The lowest BCUT2D eigenvalue weighted by atomic mass is 10.1. The molecule has 1 aliphatic rings. The summed E-state index contributed by atoms with van der Waals surface area (Å²) in [6.07, 6.45) is 5.50. The lowest BCUT2D eigenvalue weighted by Gasteiger charge is -2.18. The molecule has 0 amide bonds. The van der Waals surface area contributed by atoms with Crippen LogP contribution in [-0.4, -0.2) is 24.8 Å². The molecule has 0 saturated heterocycles. The van der Waals surface area contributed by atoms with Gasteiger partial charge in [0.1, 0.15) is 4.70 Å². The van der Waals surface area contributed by atoms with Crippen LogP contribution in [0.15, 0.2) is 88.3 Å². The van der Waals surface area contributed by atoms with E-state index in [1.165, 1.54) is 11.8 Å². The van der Waals surface area contributed by atoms with Crippen LogP contribution in [0.3, 0.4) is 0 Å². The Morgan fingerprint density at radius 2 is 1.85 bits per heavy atom. The molecule has 3 aromatic carbocycles. The second-order valence-corrected chi connectivity index (χ2v) is 14.1. The van der Waals surface area contributed by atoms with Crippen molar-refractivity contribution < 1.29 is 17.5 Å². The largest absolute Gasteiger partial charge is 0.748 e. The number of thiazole rings is 1. The van der Waals surface area contributed by atoms with Gasteiger partial charge in [0, 0.05) is 35.0 Å². The topological polar surface area (TPSA) is 64.3 Å². The van der Waals surface area contributed by atoms with Crippen LogP contribution in [0.5, 0.6) is 0 Å². The molecule has 1 aliphatic heterocycles. The number of fused-ring (bicyclic) bond motifs is 2. The van der Waals surface area contributed by atoms with Crippen LogP contribution >= 0.6 is 34.7 Å². The van der Waals surface area contributed by atoms with Crippen molar-refractivity contribution in [1.29, 1.82) is 0 Å². The zero-order valence-electron chi connectivity index (χ0n) is 22.6. The van der Waals surface area contributed by atoms with Gasteiger partial charge in [0.15, 0.2) is 6.54 Å². The number of allylic oxidation sites excluding steroid dienone is 2. The molecule has 1 unspecified atom stereocenters. The predicted molar refractivity (Wildman–Crippen MR) is 168 cm³/mol. The zero-order valence-corrected chi connectivity index (χ0v) is 25.8. The van der Waals surface area contributed by atoms with Crippen LogP contribution in [0.4, 0.5) is 5.69 Å². The number of benzene rings is 3. The van der Waals surface area contributed by atoms with Crippen molar-refractivity contribution in [2.45, 2.75) is 50.3 Å². The molecule has 1 aromatic heterocycles. The maximum Gasteiger partial charge on any atom is 0.263 e. The van der Waals surface area contributed by atoms with E-state index in [0.29, 0.717) is 6.54 Å². The standard InChI is InChI=1S/C31H31ClN2O3S3/c1-4-22(17-30-33(5-2)27-20-25(32)12-14-29(27)38-30)18-31-34(16-15-21(3)40(35,36)37)26-19-24(11-13-28(26)39-31)23-9-7-6-8-10-23/h6-14,17-21H,4-5,15-16H2,1-3H3. The molecule has 40 heavy (non-hydrogen) atoms. The smallest absolute Gasteiger partial charge is 0.263 e. The minimum atomic E-state index is -4.36. The van der Waals surface area contributed by atoms with Crippen LogP contribution in [0.1, 0.15) is 38.6 Å². The van der Waals surface area contributed by atoms with Gasteiger partial charge in [-0.3, -0.25) is 0 Å².